The zero-order chi connectivity index (χ0) is 21.3. The molecule has 2 fully saturated rings. The average Bonchev–Trinajstić information content (AvgIpc) is 2.67. The number of hydrogen-bond acceptors (Lipinski definition) is 3. The molecule has 5 heteroatoms. The van der Waals surface area contributed by atoms with Crippen molar-refractivity contribution in [1.82, 2.24) is 10.2 Å². The Balaban J connectivity index is 1.81. The Hall–Kier alpha value is -1.33. The molecule has 0 radical (unpaired) electrons. The van der Waals surface area contributed by atoms with Gasteiger partial charge in [-0.05, 0) is 88.2 Å². The van der Waals surface area contributed by atoms with Crippen LogP contribution in [-0.4, -0.2) is 42.8 Å². The topological polar surface area (TPSA) is 41.6 Å². The van der Waals surface area contributed by atoms with Gasteiger partial charge in [-0.25, -0.2) is 4.79 Å². The number of piperidine rings is 2. The van der Waals surface area contributed by atoms with Gasteiger partial charge in [-0.2, -0.15) is 0 Å². The van der Waals surface area contributed by atoms with E-state index in [-0.39, 0.29) is 16.9 Å². The number of nitrogens with one attached hydrogen (secondary N) is 1. The second-order valence-electron chi connectivity index (χ2n) is 9.85. The van der Waals surface area contributed by atoms with Gasteiger partial charge in [0.15, 0.2) is 0 Å². The van der Waals surface area contributed by atoms with Crippen molar-refractivity contribution >= 4 is 27.6 Å². The number of nitrogens with zero attached hydrogens (tertiary/aromatic N) is 1. The minimum Gasteiger partial charge on any atom is -0.444 e. The van der Waals surface area contributed by atoms with E-state index in [1.165, 1.54) is 11.1 Å². The largest absolute Gasteiger partial charge is 0.444 e. The third kappa shape index (κ3) is 4.72. The molecular weight excluding hydrogens is 428 g/mol. The summed E-state index contributed by atoms with van der Waals surface area (Å²) in [5, 5.41) is 3.53. The highest BCUT2D eigenvalue weighted by atomic mass is 79.9. The molecule has 29 heavy (non-hydrogen) atoms. The fourth-order valence-electron chi connectivity index (χ4n) is 5.04. The summed E-state index contributed by atoms with van der Waals surface area (Å²) in [6.45, 7) is 16.3. The van der Waals surface area contributed by atoms with Crippen molar-refractivity contribution in [3.05, 3.63) is 40.9 Å². The van der Waals surface area contributed by atoms with Gasteiger partial charge in [0.2, 0.25) is 0 Å². The van der Waals surface area contributed by atoms with E-state index in [0.717, 1.165) is 56.3 Å². The van der Waals surface area contributed by atoms with E-state index in [0.29, 0.717) is 0 Å². The number of ether oxygens (including phenoxy) is 1. The monoisotopic (exact) mass is 462 g/mol. The highest BCUT2D eigenvalue weighted by molar-refractivity contribution is 9.10. The normalized spacial score (nSPS) is 21.5. The maximum absolute atomic E-state index is 12.5. The smallest absolute Gasteiger partial charge is 0.410 e. The van der Waals surface area contributed by atoms with Crippen LogP contribution in [0.5, 0.6) is 0 Å². The van der Waals surface area contributed by atoms with Gasteiger partial charge in [-0.1, -0.05) is 41.6 Å². The first kappa shape index (κ1) is 22.4. The fourth-order valence-corrected chi connectivity index (χ4v) is 5.30. The number of rotatable bonds is 3. The first-order valence-corrected chi connectivity index (χ1v) is 11.5. The molecule has 1 N–H and O–H groups in total. The van der Waals surface area contributed by atoms with E-state index < -0.39 is 5.60 Å². The fraction of sp³-hybridized carbons (Fsp3) is 0.625. The summed E-state index contributed by atoms with van der Waals surface area (Å²) in [6.07, 6.45) is 3.94. The summed E-state index contributed by atoms with van der Waals surface area (Å²) in [6, 6.07) is 8.55. The average molecular weight is 463 g/mol. The number of benzene rings is 1. The second-order valence-corrected chi connectivity index (χ2v) is 10.8. The van der Waals surface area contributed by atoms with E-state index in [4.69, 9.17) is 4.74 Å². The molecule has 0 aromatic heterocycles. The van der Waals surface area contributed by atoms with Gasteiger partial charge in [-0.3, -0.25) is 0 Å². The van der Waals surface area contributed by atoms with Crippen molar-refractivity contribution in [2.24, 2.45) is 10.8 Å². The number of carbonyl (C=O) groups is 1. The first-order chi connectivity index (χ1) is 13.6. The SMILES string of the molecule is C=C(c1ccc(Br)cc1)C1(C2(C)CCN(C(=O)OC(C)(C)C)CC2)CCNCC1. The van der Waals surface area contributed by atoms with Crippen LogP contribution < -0.4 is 5.32 Å². The summed E-state index contributed by atoms with van der Waals surface area (Å²) in [5.74, 6) is 0. The van der Waals surface area contributed by atoms with E-state index in [1.54, 1.807) is 0 Å². The van der Waals surface area contributed by atoms with Crippen LogP contribution in [0.1, 0.15) is 58.9 Å². The van der Waals surface area contributed by atoms with Gasteiger partial charge in [0.1, 0.15) is 5.60 Å². The minimum atomic E-state index is -0.454. The van der Waals surface area contributed by atoms with Gasteiger partial charge in [0.05, 0.1) is 0 Å². The quantitative estimate of drug-likeness (QED) is 0.610. The number of allylic oxidation sites excluding steroid dienone is 1. The summed E-state index contributed by atoms with van der Waals surface area (Å²) >= 11 is 3.54. The molecule has 0 unspecified atom stereocenters. The standard InChI is InChI=1S/C24H35BrN2O2/c1-18(19-6-8-20(25)9-7-19)24(10-14-26-15-11-24)23(5)12-16-27(17-13-23)21(28)29-22(2,3)4/h6-9,26H,1,10-17H2,2-5H3. The maximum atomic E-state index is 12.5. The number of carbonyl (C=O) groups excluding carboxylic acids is 1. The molecule has 4 nitrogen and oxygen atoms in total. The number of halogens is 1. The Morgan fingerprint density at radius 1 is 1.10 bits per heavy atom. The third-order valence-electron chi connectivity index (χ3n) is 6.90. The van der Waals surface area contributed by atoms with Crippen molar-refractivity contribution < 1.29 is 9.53 Å². The van der Waals surface area contributed by atoms with E-state index in [2.05, 4.69) is 59.0 Å². The van der Waals surface area contributed by atoms with Crippen molar-refractivity contribution in [3.63, 3.8) is 0 Å². The molecular formula is C24H35BrN2O2. The van der Waals surface area contributed by atoms with Crippen LogP contribution in [0, 0.1) is 10.8 Å². The molecule has 0 bridgehead atoms. The Labute approximate surface area is 184 Å². The molecule has 3 rings (SSSR count). The summed E-state index contributed by atoms with van der Waals surface area (Å²) in [4.78, 5) is 14.4. The molecule has 2 saturated heterocycles. The summed E-state index contributed by atoms with van der Waals surface area (Å²) < 4.78 is 6.69. The molecule has 0 saturated carbocycles. The van der Waals surface area contributed by atoms with Crippen LogP contribution in [-0.2, 0) is 4.74 Å². The third-order valence-corrected chi connectivity index (χ3v) is 7.43. The maximum Gasteiger partial charge on any atom is 0.410 e. The molecule has 0 aliphatic carbocycles. The van der Waals surface area contributed by atoms with E-state index in [9.17, 15) is 4.79 Å². The summed E-state index contributed by atoms with van der Waals surface area (Å²) in [5.41, 5.74) is 2.18. The Bertz CT molecular complexity index is 737. The Morgan fingerprint density at radius 2 is 1.66 bits per heavy atom. The van der Waals surface area contributed by atoms with Crippen molar-refractivity contribution in [2.45, 2.75) is 59.0 Å². The van der Waals surface area contributed by atoms with Crippen LogP contribution in [0.25, 0.3) is 5.57 Å². The molecule has 0 atom stereocenters. The zero-order valence-corrected chi connectivity index (χ0v) is 19.9. The lowest BCUT2D eigenvalue weighted by molar-refractivity contribution is -0.0156. The second kappa shape index (κ2) is 8.43. The Kier molecular flexibility index (Phi) is 6.50. The highest BCUT2D eigenvalue weighted by Gasteiger charge is 2.51. The molecule has 1 amide bonds. The van der Waals surface area contributed by atoms with Gasteiger partial charge in [0.25, 0.3) is 0 Å². The van der Waals surface area contributed by atoms with Gasteiger partial charge in [-0.15, -0.1) is 0 Å². The molecule has 2 aliphatic heterocycles. The molecule has 2 aliphatic rings. The molecule has 1 aromatic rings. The molecule has 1 aromatic carbocycles. The lowest BCUT2D eigenvalue weighted by Gasteiger charge is -2.55. The number of hydrogen-bond donors (Lipinski definition) is 1. The predicted molar refractivity (Wildman–Crippen MR) is 123 cm³/mol. The van der Waals surface area contributed by atoms with Gasteiger partial charge >= 0.3 is 6.09 Å². The molecule has 0 spiro atoms. The number of likely N-dealkylation sites (tertiary alicyclic amines) is 1. The lowest BCUT2D eigenvalue weighted by atomic mass is 9.52. The van der Waals surface area contributed by atoms with E-state index in [1.807, 2.05) is 25.7 Å². The summed E-state index contributed by atoms with van der Waals surface area (Å²) in [7, 11) is 0. The van der Waals surface area contributed by atoms with Gasteiger partial charge in [0, 0.05) is 23.0 Å². The van der Waals surface area contributed by atoms with Crippen LogP contribution in [0.15, 0.2) is 35.3 Å². The zero-order valence-electron chi connectivity index (χ0n) is 18.3. The van der Waals surface area contributed by atoms with Gasteiger partial charge < -0.3 is 15.0 Å². The Morgan fingerprint density at radius 3 is 2.17 bits per heavy atom. The highest BCUT2D eigenvalue weighted by Crippen LogP contribution is 2.58. The first-order valence-electron chi connectivity index (χ1n) is 10.7. The number of amides is 1. The van der Waals surface area contributed by atoms with Crippen molar-refractivity contribution in [1.29, 1.82) is 0 Å². The van der Waals surface area contributed by atoms with E-state index >= 15 is 0 Å². The van der Waals surface area contributed by atoms with Crippen molar-refractivity contribution in [3.8, 4) is 0 Å². The van der Waals surface area contributed by atoms with Crippen LogP contribution >= 0.6 is 15.9 Å². The predicted octanol–water partition coefficient (Wildman–Crippen LogP) is 5.87. The molecule has 2 heterocycles. The van der Waals surface area contributed by atoms with Crippen molar-refractivity contribution in [2.75, 3.05) is 26.2 Å². The minimum absolute atomic E-state index is 0.0477. The van der Waals surface area contributed by atoms with Crippen LogP contribution in [0.4, 0.5) is 4.79 Å². The van der Waals surface area contributed by atoms with Crippen LogP contribution in [0.3, 0.4) is 0 Å². The molecule has 160 valence electrons. The van der Waals surface area contributed by atoms with Crippen LogP contribution in [0.2, 0.25) is 0 Å². The lowest BCUT2D eigenvalue weighted by Crippen LogP contribution is -2.53.